The van der Waals surface area contributed by atoms with Gasteiger partial charge in [-0.25, -0.2) is 0 Å². The minimum Gasteiger partial charge on any atom is -0.493 e. The van der Waals surface area contributed by atoms with Gasteiger partial charge in [0, 0.05) is 6.61 Å². The van der Waals surface area contributed by atoms with Crippen LogP contribution in [0.5, 0.6) is 11.5 Å². The van der Waals surface area contributed by atoms with E-state index in [9.17, 15) is 5.11 Å². The molecule has 0 aliphatic heterocycles. The van der Waals surface area contributed by atoms with E-state index in [0.717, 1.165) is 12.2 Å². The SMILES string of the molecule is COc1ccc(C(O)COCCOCC(C)C)cc1OC. The Morgan fingerprint density at radius 3 is 2.14 bits per heavy atom. The maximum absolute atomic E-state index is 10.1. The summed E-state index contributed by atoms with van der Waals surface area (Å²) in [6.45, 7) is 6.15. The lowest BCUT2D eigenvalue weighted by molar-refractivity contribution is -0.00128. The summed E-state index contributed by atoms with van der Waals surface area (Å²) in [4.78, 5) is 0. The first-order valence-electron chi connectivity index (χ1n) is 7.14. The molecule has 120 valence electrons. The molecule has 1 aromatic rings. The molecule has 0 saturated carbocycles. The quantitative estimate of drug-likeness (QED) is 0.672. The molecule has 1 aromatic carbocycles. The van der Waals surface area contributed by atoms with Crippen molar-refractivity contribution in [1.29, 1.82) is 0 Å². The Labute approximate surface area is 126 Å². The maximum Gasteiger partial charge on any atom is 0.161 e. The fourth-order valence-corrected chi connectivity index (χ4v) is 1.79. The van der Waals surface area contributed by atoms with E-state index in [1.54, 1.807) is 32.4 Å². The molecule has 5 nitrogen and oxygen atoms in total. The minimum atomic E-state index is -0.699. The summed E-state index contributed by atoms with van der Waals surface area (Å²) in [6, 6.07) is 5.32. The third-order valence-corrected chi connectivity index (χ3v) is 2.89. The molecular formula is C16H26O5. The lowest BCUT2D eigenvalue weighted by Gasteiger charge is -2.14. The first kappa shape index (κ1) is 17.8. The predicted octanol–water partition coefficient (Wildman–Crippen LogP) is 2.43. The van der Waals surface area contributed by atoms with E-state index in [1.165, 1.54) is 0 Å². The molecule has 0 aromatic heterocycles. The smallest absolute Gasteiger partial charge is 0.161 e. The van der Waals surface area contributed by atoms with Crippen LogP contribution in [0.15, 0.2) is 18.2 Å². The third kappa shape index (κ3) is 6.33. The van der Waals surface area contributed by atoms with E-state index in [2.05, 4.69) is 13.8 Å². The lowest BCUT2D eigenvalue weighted by Crippen LogP contribution is -2.13. The molecule has 1 rings (SSSR count). The number of methoxy groups -OCH3 is 2. The molecule has 0 spiro atoms. The summed E-state index contributed by atoms with van der Waals surface area (Å²) in [5, 5.41) is 10.1. The number of benzene rings is 1. The van der Waals surface area contributed by atoms with Crippen LogP contribution in [-0.4, -0.2) is 45.8 Å². The van der Waals surface area contributed by atoms with Crippen molar-refractivity contribution in [2.75, 3.05) is 40.6 Å². The Balaban J connectivity index is 2.36. The van der Waals surface area contributed by atoms with Crippen molar-refractivity contribution in [2.24, 2.45) is 5.92 Å². The summed E-state index contributed by atoms with van der Waals surface area (Å²) < 4.78 is 21.2. The predicted molar refractivity (Wildman–Crippen MR) is 81.0 cm³/mol. The van der Waals surface area contributed by atoms with Gasteiger partial charge in [0.05, 0.1) is 34.0 Å². The van der Waals surface area contributed by atoms with Crippen molar-refractivity contribution >= 4 is 0 Å². The summed E-state index contributed by atoms with van der Waals surface area (Å²) in [7, 11) is 3.14. The Morgan fingerprint density at radius 1 is 0.952 bits per heavy atom. The van der Waals surface area contributed by atoms with Gasteiger partial charge in [-0.3, -0.25) is 0 Å². The molecule has 0 heterocycles. The molecule has 1 N–H and O–H groups in total. The normalized spacial score (nSPS) is 12.5. The van der Waals surface area contributed by atoms with Crippen molar-refractivity contribution in [2.45, 2.75) is 20.0 Å². The van der Waals surface area contributed by atoms with Crippen LogP contribution in [0.2, 0.25) is 0 Å². The monoisotopic (exact) mass is 298 g/mol. The van der Waals surface area contributed by atoms with Crippen LogP contribution in [-0.2, 0) is 9.47 Å². The van der Waals surface area contributed by atoms with Gasteiger partial charge in [0.15, 0.2) is 11.5 Å². The third-order valence-electron chi connectivity index (χ3n) is 2.89. The fourth-order valence-electron chi connectivity index (χ4n) is 1.79. The van der Waals surface area contributed by atoms with E-state index in [-0.39, 0.29) is 6.61 Å². The van der Waals surface area contributed by atoms with E-state index in [0.29, 0.717) is 30.6 Å². The molecular weight excluding hydrogens is 272 g/mol. The molecule has 1 unspecified atom stereocenters. The van der Waals surface area contributed by atoms with Gasteiger partial charge in [-0.05, 0) is 23.6 Å². The average Bonchev–Trinajstić information content (AvgIpc) is 2.49. The van der Waals surface area contributed by atoms with E-state index in [1.807, 2.05) is 0 Å². The van der Waals surface area contributed by atoms with Crippen LogP contribution < -0.4 is 9.47 Å². The molecule has 0 bridgehead atoms. The van der Waals surface area contributed by atoms with Gasteiger partial charge in [-0.1, -0.05) is 19.9 Å². The molecule has 0 fully saturated rings. The van der Waals surface area contributed by atoms with Crippen LogP contribution in [0.1, 0.15) is 25.5 Å². The molecule has 5 heteroatoms. The highest BCUT2D eigenvalue weighted by Gasteiger charge is 2.11. The summed E-state index contributed by atoms with van der Waals surface area (Å²) in [5.74, 6) is 1.74. The number of aliphatic hydroxyl groups is 1. The molecule has 0 amide bonds. The first-order chi connectivity index (χ1) is 10.1. The van der Waals surface area contributed by atoms with Crippen molar-refractivity contribution in [3.05, 3.63) is 23.8 Å². The van der Waals surface area contributed by atoms with Gasteiger partial charge in [0.25, 0.3) is 0 Å². The second-order valence-corrected chi connectivity index (χ2v) is 5.17. The van der Waals surface area contributed by atoms with Crippen LogP contribution in [0, 0.1) is 5.92 Å². The van der Waals surface area contributed by atoms with Gasteiger partial charge in [0.2, 0.25) is 0 Å². The van der Waals surface area contributed by atoms with Crippen molar-refractivity contribution < 1.29 is 24.1 Å². The molecule has 0 radical (unpaired) electrons. The number of hydrogen-bond acceptors (Lipinski definition) is 5. The van der Waals surface area contributed by atoms with Gasteiger partial charge < -0.3 is 24.1 Å². The highest BCUT2D eigenvalue weighted by Crippen LogP contribution is 2.29. The molecule has 21 heavy (non-hydrogen) atoms. The fraction of sp³-hybridized carbons (Fsp3) is 0.625. The van der Waals surface area contributed by atoms with Crippen molar-refractivity contribution in [3.63, 3.8) is 0 Å². The maximum atomic E-state index is 10.1. The molecule has 0 saturated heterocycles. The highest BCUT2D eigenvalue weighted by atomic mass is 16.5. The van der Waals surface area contributed by atoms with Crippen LogP contribution >= 0.6 is 0 Å². The van der Waals surface area contributed by atoms with Gasteiger partial charge in [0.1, 0.15) is 6.10 Å². The van der Waals surface area contributed by atoms with Gasteiger partial charge in [-0.2, -0.15) is 0 Å². The van der Waals surface area contributed by atoms with E-state index < -0.39 is 6.10 Å². The summed E-state index contributed by atoms with van der Waals surface area (Å²) >= 11 is 0. The topological polar surface area (TPSA) is 57.2 Å². The summed E-state index contributed by atoms with van der Waals surface area (Å²) in [6.07, 6.45) is -0.699. The average molecular weight is 298 g/mol. The Morgan fingerprint density at radius 2 is 1.57 bits per heavy atom. The Hall–Kier alpha value is -1.30. The van der Waals surface area contributed by atoms with Crippen molar-refractivity contribution in [1.82, 2.24) is 0 Å². The van der Waals surface area contributed by atoms with Gasteiger partial charge in [-0.15, -0.1) is 0 Å². The van der Waals surface area contributed by atoms with Crippen LogP contribution in [0.4, 0.5) is 0 Å². The number of rotatable bonds is 10. The number of hydrogen-bond donors (Lipinski definition) is 1. The standard InChI is InChI=1S/C16H26O5/c1-12(2)10-20-7-8-21-11-14(17)13-5-6-15(18-3)16(9-13)19-4/h5-6,9,12,14,17H,7-8,10-11H2,1-4H3. The first-order valence-corrected chi connectivity index (χ1v) is 7.14. The second-order valence-electron chi connectivity index (χ2n) is 5.17. The number of ether oxygens (including phenoxy) is 4. The lowest BCUT2D eigenvalue weighted by atomic mass is 10.1. The Kier molecular flexibility index (Phi) is 8.12. The highest BCUT2D eigenvalue weighted by molar-refractivity contribution is 5.43. The zero-order valence-corrected chi connectivity index (χ0v) is 13.3. The Bertz CT molecular complexity index is 406. The zero-order chi connectivity index (χ0) is 15.7. The number of aliphatic hydroxyl groups excluding tert-OH is 1. The largest absolute Gasteiger partial charge is 0.493 e. The molecule has 1 atom stereocenters. The van der Waals surface area contributed by atoms with Crippen LogP contribution in [0.25, 0.3) is 0 Å². The van der Waals surface area contributed by atoms with E-state index in [4.69, 9.17) is 18.9 Å². The zero-order valence-electron chi connectivity index (χ0n) is 13.3. The molecule has 0 aliphatic rings. The summed E-state index contributed by atoms with van der Waals surface area (Å²) in [5.41, 5.74) is 0.732. The van der Waals surface area contributed by atoms with Gasteiger partial charge >= 0.3 is 0 Å². The van der Waals surface area contributed by atoms with Crippen molar-refractivity contribution in [3.8, 4) is 11.5 Å². The second kappa shape index (κ2) is 9.60. The van der Waals surface area contributed by atoms with E-state index >= 15 is 0 Å². The van der Waals surface area contributed by atoms with Crippen LogP contribution in [0.3, 0.4) is 0 Å². The molecule has 0 aliphatic carbocycles. The minimum absolute atomic E-state index is 0.223.